The molecule has 0 saturated carbocycles. The van der Waals surface area contributed by atoms with E-state index in [1.807, 2.05) is 0 Å². The summed E-state index contributed by atoms with van der Waals surface area (Å²) in [5.41, 5.74) is 0. The Kier molecular flexibility index (Phi) is 2.44. The molecule has 1 amide bonds. The van der Waals surface area contributed by atoms with E-state index in [0.29, 0.717) is 12.3 Å². The van der Waals surface area contributed by atoms with Crippen molar-refractivity contribution in [2.75, 3.05) is 12.4 Å². The van der Waals surface area contributed by atoms with Gasteiger partial charge < -0.3 is 4.90 Å². The molecule has 2 heterocycles. The van der Waals surface area contributed by atoms with E-state index in [1.165, 1.54) is 11.8 Å². The van der Waals surface area contributed by atoms with Crippen molar-refractivity contribution < 1.29 is 4.79 Å². The van der Waals surface area contributed by atoms with Crippen LogP contribution in [0.25, 0.3) is 0 Å². The SMILES string of the molecule is O=C1CCN1CSc1ncccn1. The van der Waals surface area contributed by atoms with Gasteiger partial charge in [-0.2, -0.15) is 0 Å². The zero-order chi connectivity index (χ0) is 9.10. The van der Waals surface area contributed by atoms with Crippen molar-refractivity contribution in [3.63, 3.8) is 0 Å². The summed E-state index contributed by atoms with van der Waals surface area (Å²) in [5.74, 6) is 0.895. The maximum atomic E-state index is 10.9. The highest BCUT2D eigenvalue weighted by molar-refractivity contribution is 7.99. The average Bonchev–Trinajstić information content (AvgIpc) is 2.17. The van der Waals surface area contributed by atoms with Gasteiger partial charge in [0.2, 0.25) is 5.91 Å². The summed E-state index contributed by atoms with van der Waals surface area (Å²) in [7, 11) is 0. The number of likely N-dealkylation sites (tertiary alicyclic amines) is 1. The smallest absolute Gasteiger partial charge is 0.225 e. The molecular weight excluding hydrogens is 186 g/mol. The van der Waals surface area contributed by atoms with E-state index in [0.717, 1.165) is 11.7 Å². The summed E-state index contributed by atoms with van der Waals surface area (Å²) >= 11 is 1.49. The Hall–Kier alpha value is -1.10. The summed E-state index contributed by atoms with van der Waals surface area (Å²) in [6.45, 7) is 0.874. The normalized spacial score (nSPS) is 15.7. The number of carbonyl (C=O) groups excluding carboxylic acids is 1. The molecule has 0 atom stereocenters. The second kappa shape index (κ2) is 3.74. The minimum Gasteiger partial charge on any atom is -0.332 e. The first-order chi connectivity index (χ1) is 6.36. The maximum Gasteiger partial charge on any atom is 0.225 e. The minimum absolute atomic E-state index is 0.225. The lowest BCUT2D eigenvalue weighted by Crippen LogP contribution is -2.42. The first-order valence-corrected chi connectivity index (χ1v) is 5.02. The van der Waals surface area contributed by atoms with Gasteiger partial charge in [-0.05, 0) is 6.07 Å². The average molecular weight is 195 g/mol. The third-order valence-electron chi connectivity index (χ3n) is 1.84. The lowest BCUT2D eigenvalue weighted by molar-refractivity contribution is -0.138. The fourth-order valence-corrected chi connectivity index (χ4v) is 1.81. The van der Waals surface area contributed by atoms with E-state index >= 15 is 0 Å². The monoisotopic (exact) mass is 195 g/mol. The number of β-lactam (4-membered cyclic amide) rings is 1. The van der Waals surface area contributed by atoms with Crippen LogP contribution in [-0.2, 0) is 4.79 Å². The van der Waals surface area contributed by atoms with Gasteiger partial charge in [-0.1, -0.05) is 11.8 Å². The number of hydrogen-bond acceptors (Lipinski definition) is 4. The quantitative estimate of drug-likeness (QED) is 0.406. The van der Waals surface area contributed by atoms with Crippen molar-refractivity contribution in [3.8, 4) is 0 Å². The zero-order valence-electron chi connectivity index (χ0n) is 7.01. The molecule has 1 aliphatic rings. The highest BCUT2D eigenvalue weighted by Crippen LogP contribution is 2.17. The number of nitrogens with zero attached hydrogens (tertiary/aromatic N) is 3. The van der Waals surface area contributed by atoms with Crippen molar-refractivity contribution >= 4 is 17.7 Å². The Bertz CT molecular complexity index is 304. The van der Waals surface area contributed by atoms with E-state index in [1.54, 1.807) is 23.4 Å². The van der Waals surface area contributed by atoms with Crippen molar-refractivity contribution in [2.24, 2.45) is 0 Å². The van der Waals surface area contributed by atoms with Gasteiger partial charge in [-0.3, -0.25) is 4.79 Å². The number of amides is 1. The van der Waals surface area contributed by atoms with Crippen molar-refractivity contribution in [3.05, 3.63) is 18.5 Å². The van der Waals surface area contributed by atoms with Gasteiger partial charge in [0.15, 0.2) is 5.16 Å². The predicted molar refractivity (Wildman–Crippen MR) is 49.1 cm³/mol. The second-order valence-corrected chi connectivity index (χ2v) is 3.62. The Balaban J connectivity index is 1.83. The molecule has 0 unspecified atom stereocenters. The fraction of sp³-hybridized carbons (Fsp3) is 0.375. The molecule has 0 bridgehead atoms. The van der Waals surface area contributed by atoms with Crippen LogP contribution in [0.5, 0.6) is 0 Å². The van der Waals surface area contributed by atoms with E-state index in [4.69, 9.17) is 0 Å². The van der Waals surface area contributed by atoms with Crippen LogP contribution in [-0.4, -0.2) is 33.2 Å². The van der Waals surface area contributed by atoms with Gasteiger partial charge >= 0.3 is 0 Å². The summed E-state index contributed by atoms with van der Waals surface area (Å²) < 4.78 is 0. The number of thioether (sulfide) groups is 1. The molecule has 0 N–H and O–H groups in total. The van der Waals surface area contributed by atoms with E-state index in [2.05, 4.69) is 9.97 Å². The molecule has 13 heavy (non-hydrogen) atoms. The highest BCUT2D eigenvalue weighted by atomic mass is 32.2. The maximum absolute atomic E-state index is 10.9. The van der Waals surface area contributed by atoms with Crippen LogP contribution >= 0.6 is 11.8 Å². The summed E-state index contributed by atoms with van der Waals surface area (Å²) in [4.78, 5) is 20.8. The number of hydrogen-bond donors (Lipinski definition) is 0. The third kappa shape index (κ3) is 1.98. The Labute approximate surface area is 80.4 Å². The van der Waals surface area contributed by atoms with Gasteiger partial charge in [0, 0.05) is 25.4 Å². The van der Waals surface area contributed by atoms with Gasteiger partial charge in [0.05, 0.1) is 5.88 Å². The van der Waals surface area contributed by atoms with Gasteiger partial charge in [0.25, 0.3) is 0 Å². The van der Waals surface area contributed by atoms with Gasteiger partial charge in [-0.15, -0.1) is 0 Å². The van der Waals surface area contributed by atoms with Crippen LogP contribution in [0, 0.1) is 0 Å². The zero-order valence-corrected chi connectivity index (χ0v) is 7.83. The van der Waals surface area contributed by atoms with Crippen LogP contribution in [0.2, 0.25) is 0 Å². The van der Waals surface area contributed by atoms with E-state index < -0.39 is 0 Å². The Morgan fingerprint density at radius 2 is 2.23 bits per heavy atom. The van der Waals surface area contributed by atoms with E-state index in [-0.39, 0.29) is 5.91 Å². The molecule has 0 aliphatic carbocycles. The number of carbonyl (C=O) groups is 1. The molecule has 5 heteroatoms. The third-order valence-corrected chi connectivity index (χ3v) is 2.75. The first kappa shape index (κ1) is 8.50. The van der Waals surface area contributed by atoms with Crippen molar-refractivity contribution in [1.82, 2.24) is 14.9 Å². The number of rotatable bonds is 3. The molecule has 1 aliphatic heterocycles. The topological polar surface area (TPSA) is 46.1 Å². The molecular formula is C8H9N3OS. The largest absolute Gasteiger partial charge is 0.332 e. The molecule has 4 nitrogen and oxygen atoms in total. The standard InChI is InChI=1S/C8H9N3OS/c12-7-2-5-11(7)6-13-8-9-3-1-4-10-8/h1,3-4H,2,5-6H2. The van der Waals surface area contributed by atoms with Crippen molar-refractivity contribution in [2.45, 2.75) is 11.6 Å². The molecule has 1 aromatic rings. The molecule has 0 aromatic carbocycles. The second-order valence-electron chi connectivity index (χ2n) is 2.71. The number of aromatic nitrogens is 2. The minimum atomic E-state index is 0.225. The van der Waals surface area contributed by atoms with Crippen molar-refractivity contribution in [1.29, 1.82) is 0 Å². The van der Waals surface area contributed by atoms with Crippen LogP contribution in [0.4, 0.5) is 0 Å². The summed E-state index contributed by atoms with van der Waals surface area (Å²) in [6, 6.07) is 1.78. The molecule has 1 aromatic heterocycles. The summed E-state index contributed by atoms with van der Waals surface area (Å²) in [6.07, 6.45) is 4.09. The van der Waals surface area contributed by atoms with E-state index in [9.17, 15) is 4.79 Å². The predicted octanol–water partition coefficient (Wildman–Crippen LogP) is 0.758. The summed E-state index contributed by atoms with van der Waals surface area (Å²) in [5, 5.41) is 0.724. The molecule has 68 valence electrons. The lowest BCUT2D eigenvalue weighted by Gasteiger charge is -2.29. The molecule has 1 saturated heterocycles. The Morgan fingerprint density at radius 1 is 1.46 bits per heavy atom. The highest BCUT2D eigenvalue weighted by Gasteiger charge is 2.23. The van der Waals surface area contributed by atoms with Crippen LogP contribution < -0.4 is 0 Å². The first-order valence-electron chi connectivity index (χ1n) is 4.04. The Morgan fingerprint density at radius 3 is 2.77 bits per heavy atom. The molecule has 0 spiro atoms. The lowest BCUT2D eigenvalue weighted by atomic mass is 10.2. The van der Waals surface area contributed by atoms with Crippen LogP contribution in [0.15, 0.2) is 23.6 Å². The van der Waals surface area contributed by atoms with Gasteiger partial charge in [0.1, 0.15) is 0 Å². The fourth-order valence-electron chi connectivity index (χ4n) is 0.993. The van der Waals surface area contributed by atoms with Gasteiger partial charge in [-0.25, -0.2) is 9.97 Å². The van der Waals surface area contributed by atoms with Crippen LogP contribution in [0.1, 0.15) is 6.42 Å². The molecule has 0 radical (unpaired) electrons. The van der Waals surface area contributed by atoms with Crippen LogP contribution in [0.3, 0.4) is 0 Å². The molecule has 2 rings (SSSR count). The molecule has 1 fully saturated rings.